The Morgan fingerprint density at radius 1 is 1.15 bits per heavy atom. The van der Waals surface area contributed by atoms with Crippen molar-refractivity contribution in [1.29, 1.82) is 0 Å². The van der Waals surface area contributed by atoms with Crippen LogP contribution in [0.3, 0.4) is 0 Å². The van der Waals surface area contributed by atoms with Crippen molar-refractivity contribution in [2.45, 2.75) is 5.33 Å². The highest BCUT2D eigenvalue weighted by atomic mass is 79.9. The lowest BCUT2D eigenvalue weighted by Gasteiger charge is -2.09. The highest BCUT2D eigenvalue weighted by Crippen LogP contribution is 2.30. The number of ether oxygens (including phenoxy) is 1. The van der Waals surface area contributed by atoms with Gasteiger partial charge in [0.1, 0.15) is 23.1 Å². The molecule has 0 spiro atoms. The topological polar surface area (TPSA) is 52.4 Å². The van der Waals surface area contributed by atoms with Crippen molar-refractivity contribution in [3.05, 3.63) is 63.7 Å². The normalized spacial score (nSPS) is 10.3. The Morgan fingerprint density at radius 2 is 1.80 bits per heavy atom. The Morgan fingerprint density at radius 3 is 2.35 bits per heavy atom. The molecule has 0 amide bonds. The van der Waals surface area contributed by atoms with Crippen LogP contribution >= 0.6 is 15.9 Å². The van der Waals surface area contributed by atoms with Crippen LogP contribution in [0.2, 0.25) is 0 Å². The minimum Gasteiger partial charge on any atom is -0.457 e. The van der Waals surface area contributed by atoms with Crippen molar-refractivity contribution in [2.24, 2.45) is 0 Å². The lowest BCUT2D eigenvalue weighted by atomic mass is 10.2. The number of hydrogen-bond acceptors (Lipinski definition) is 3. The second-order valence-electron chi connectivity index (χ2n) is 3.89. The van der Waals surface area contributed by atoms with Crippen LogP contribution in [0.4, 0.5) is 14.5 Å². The molecule has 0 aliphatic carbocycles. The summed E-state index contributed by atoms with van der Waals surface area (Å²) >= 11 is 3.18. The molecule has 2 aromatic rings. The molecule has 0 atom stereocenters. The van der Waals surface area contributed by atoms with Crippen LogP contribution in [0.5, 0.6) is 11.5 Å². The minimum absolute atomic E-state index is 0.0152. The van der Waals surface area contributed by atoms with Gasteiger partial charge in [-0.3, -0.25) is 10.1 Å². The van der Waals surface area contributed by atoms with Crippen LogP contribution in [-0.2, 0) is 5.33 Å². The van der Waals surface area contributed by atoms with Gasteiger partial charge in [-0.1, -0.05) is 15.9 Å². The first-order chi connectivity index (χ1) is 9.49. The number of alkyl halides is 1. The third-order valence-corrected chi connectivity index (χ3v) is 3.07. The number of non-ortho nitro benzene ring substituents is 1. The molecular weight excluding hydrogens is 336 g/mol. The van der Waals surface area contributed by atoms with E-state index in [1.807, 2.05) is 0 Å². The number of halogens is 3. The van der Waals surface area contributed by atoms with E-state index in [-0.39, 0.29) is 17.2 Å². The minimum atomic E-state index is -0.762. The van der Waals surface area contributed by atoms with Gasteiger partial charge in [-0.25, -0.2) is 8.78 Å². The lowest BCUT2D eigenvalue weighted by Crippen LogP contribution is -1.94. The third-order valence-electron chi connectivity index (χ3n) is 2.46. The van der Waals surface area contributed by atoms with Crippen molar-refractivity contribution < 1.29 is 18.4 Å². The van der Waals surface area contributed by atoms with Gasteiger partial charge in [0, 0.05) is 41.2 Å². The first-order valence-corrected chi connectivity index (χ1v) is 6.59. The van der Waals surface area contributed by atoms with Crippen LogP contribution in [0, 0.1) is 21.7 Å². The van der Waals surface area contributed by atoms with E-state index in [9.17, 15) is 18.9 Å². The van der Waals surface area contributed by atoms with E-state index >= 15 is 0 Å². The third kappa shape index (κ3) is 3.30. The molecule has 0 aliphatic heterocycles. The first-order valence-electron chi connectivity index (χ1n) is 5.47. The monoisotopic (exact) mass is 343 g/mol. The SMILES string of the molecule is O=[N+]([O-])c1ccc(Oc2cc(F)cc(F)c2)c(CBr)c1. The van der Waals surface area contributed by atoms with Crippen LogP contribution in [0.1, 0.15) is 5.56 Å². The average molecular weight is 344 g/mol. The van der Waals surface area contributed by atoms with Crippen LogP contribution in [0.15, 0.2) is 36.4 Å². The largest absolute Gasteiger partial charge is 0.457 e. The van der Waals surface area contributed by atoms with Gasteiger partial charge in [0.05, 0.1) is 4.92 Å². The molecule has 0 N–H and O–H groups in total. The van der Waals surface area contributed by atoms with E-state index in [1.54, 1.807) is 0 Å². The van der Waals surface area contributed by atoms with Crippen molar-refractivity contribution in [3.8, 4) is 11.5 Å². The van der Waals surface area contributed by atoms with E-state index in [0.29, 0.717) is 10.9 Å². The lowest BCUT2D eigenvalue weighted by molar-refractivity contribution is -0.384. The summed E-state index contributed by atoms with van der Waals surface area (Å²) in [6.07, 6.45) is 0. The fourth-order valence-corrected chi connectivity index (χ4v) is 2.04. The van der Waals surface area contributed by atoms with Gasteiger partial charge in [0.25, 0.3) is 5.69 Å². The number of nitro groups is 1. The summed E-state index contributed by atoms with van der Waals surface area (Å²) in [4.78, 5) is 10.1. The Kier molecular flexibility index (Phi) is 4.29. The molecule has 104 valence electrons. The Labute approximate surface area is 121 Å². The smallest absolute Gasteiger partial charge is 0.270 e. The zero-order valence-electron chi connectivity index (χ0n) is 9.98. The maximum atomic E-state index is 13.1. The van der Waals surface area contributed by atoms with E-state index in [0.717, 1.165) is 18.2 Å². The Hall–Kier alpha value is -2.02. The molecule has 0 saturated heterocycles. The molecular formula is C13H8BrF2NO3. The summed E-state index contributed by atoms with van der Waals surface area (Å²) in [6, 6.07) is 6.77. The van der Waals surface area contributed by atoms with Gasteiger partial charge in [0.2, 0.25) is 0 Å². The Bertz CT molecular complexity index is 644. The number of nitrogens with zero attached hydrogens (tertiary/aromatic N) is 1. The highest BCUT2D eigenvalue weighted by Gasteiger charge is 2.12. The van der Waals surface area contributed by atoms with Gasteiger partial charge in [0.15, 0.2) is 0 Å². The quantitative estimate of drug-likeness (QED) is 0.464. The van der Waals surface area contributed by atoms with Gasteiger partial charge in [-0.2, -0.15) is 0 Å². The second kappa shape index (κ2) is 5.96. The number of benzene rings is 2. The molecule has 20 heavy (non-hydrogen) atoms. The maximum absolute atomic E-state index is 13.1. The molecule has 0 fully saturated rings. The highest BCUT2D eigenvalue weighted by molar-refractivity contribution is 9.08. The fraction of sp³-hybridized carbons (Fsp3) is 0.0769. The van der Waals surface area contributed by atoms with Crippen molar-refractivity contribution in [3.63, 3.8) is 0 Å². The van der Waals surface area contributed by atoms with Crippen molar-refractivity contribution in [1.82, 2.24) is 0 Å². The van der Waals surface area contributed by atoms with Crippen LogP contribution < -0.4 is 4.74 Å². The van der Waals surface area contributed by atoms with Crippen molar-refractivity contribution >= 4 is 21.6 Å². The summed E-state index contributed by atoms with van der Waals surface area (Å²) in [7, 11) is 0. The standard InChI is InChI=1S/C13H8BrF2NO3/c14-7-8-3-11(17(18)19)1-2-13(8)20-12-5-9(15)4-10(16)6-12/h1-6H,7H2. The summed E-state index contributed by atoms with van der Waals surface area (Å²) in [5.74, 6) is -1.25. The van der Waals surface area contributed by atoms with Gasteiger partial charge in [-0.05, 0) is 6.07 Å². The van der Waals surface area contributed by atoms with Gasteiger partial charge < -0.3 is 4.74 Å². The van der Waals surface area contributed by atoms with E-state index in [2.05, 4.69) is 15.9 Å². The van der Waals surface area contributed by atoms with E-state index in [4.69, 9.17) is 4.74 Å². The van der Waals surface area contributed by atoms with Crippen molar-refractivity contribution in [2.75, 3.05) is 0 Å². The molecule has 0 aromatic heterocycles. The number of hydrogen-bond donors (Lipinski definition) is 0. The molecule has 0 saturated carbocycles. The van der Waals surface area contributed by atoms with E-state index in [1.165, 1.54) is 18.2 Å². The predicted octanol–water partition coefficient (Wildman–Crippen LogP) is 4.56. The molecule has 0 bridgehead atoms. The summed E-state index contributed by atoms with van der Waals surface area (Å²) in [6.45, 7) is 0. The summed E-state index contributed by atoms with van der Waals surface area (Å²) in [5.41, 5.74) is 0.418. The zero-order valence-corrected chi connectivity index (χ0v) is 11.6. The van der Waals surface area contributed by atoms with Gasteiger partial charge in [-0.15, -0.1) is 0 Å². The molecule has 7 heteroatoms. The fourth-order valence-electron chi connectivity index (χ4n) is 1.60. The average Bonchev–Trinajstić information content (AvgIpc) is 2.37. The molecule has 0 unspecified atom stereocenters. The molecule has 4 nitrogen and oxygen atoms in total. The summed E-state index contributed by atoms with van der Waals surface area (Å²) < 4.78 is 31.5. The molecule has 2 rings (SSSR count). The van der Waals surface area contributed by atoms with E-state index < -0.39 is 16.6 Å². The predicted molar refractivity (Wildman–Crippen MR) is 72.2 cm³/mol. The molecule has 0 heterocycles. The molecule has 0 aliphatic rings. The number of nitro benzene ring substituents is 1. The maximum Gasteiger partial charge on any atom is 0.270 e. The summed E-state index contributed by atoms with van der Waals surface area (Å²) in [5, 5.41) is 11.0. The molecule has 0 radical (unpaired) electrons. The number of rotatable bonds is 4. The Balaban J connectivity index is 2.35. The first kappa shape index (κ1) is 14.4. The molecule has 2 aromatic carbocycles. The van der Waals surface area contributed by atoms with Crippen LogP contribution in [-0.4, -0.2) is 4.92 Å². The zero-order chi connectivity index (χ0) is 14.7. The van der Waals surface area contributed by atoms with Gasteiger partial charge >= 0.3 is 0 Å². The van der Waals surface area contributed by atoms with Crippen LogP contribution in [0.25, 0.3) is 0 Å². The second-order valence-corrected chi connectivity index (χ2v) is 4.45.